The first-order valence-corrected chi connectivity index (χ1v) is 11.0. The van der Waals surface area contributed by atoms with E-state index in [9.17, 15) is 0 Å². The molecule has 0 N–H and O–H groups in total. The largest absolute Gasteiger partial charge is 0.378 e. The standard InChI is InChI=1S/C28H31N2/c1-28(2)13-14-30(5)26-17-21-15-20-16-22(29(3)4)11-12-23(20)27(24(21)18-25(26)28)19-9-7-6-8-10-19/h6-12,16-18H,13-15H2,1-5H3/q+1. The SMILES string of the molecule is CN(C)c1ccc2c(c1)Cc1cc3c(cc1=C2c1ccccc1)C(C)(C)CC[N+]=3C. The second kappa shape index (κ2) is 6.84. The Balaban J connectivity index is 1.90. The highest BCUT2D eigenvalue weighted by Crippen LogP contribution is 2.33. The van der Waals surface area contributed by atoms with Crippen molar-refractivity contribution in [1.82, 2.24) is 4.58 Å². The van der Waals surface area contributed by atoms with Gasteiger partial charge in [-0.05, 0) is 57.7 Å². The molecule has 0 radical (unpaired) electrons. The van der Waals surface area contributed by atoms with E-state index in [-0.39, 0.29) is 5.41 Å². The molecule has 0 aromatic heterocycles. The lowest BCUT2D eigenvalue weighted by molar-refractivity contribution is 0.410. The summed E-state index contributed by atoms with van der Waals surface area (Å²) >= 11 is 0. The molecule has 0 saturated carbocycles. The van der Waals surface area contributed by atoms with Gasteiger partial charge < -0.3 is 4.90 Å². The molecule has 0 atom stereocenters. The molecule has 3 aromatic carbocycles. The number of nitrogens with zero attached hydrogens (tertiary/aromatic N) is 2. The van der Waals surface area contributed by atoms with Crippen LogP contribution in [0.5, 0.6) is 0 Å². The fourth-order valence-electron chi connectivity index (χ4n) is 5.09. The number of rotatable bonds is 2. The van der Waals surface area contributed by atoms with Gasteiger partial charge in [0.2, 0.25) is 5.36 Å². The molecule has 2 nitrogen and oxygen atoms in total. The van der Waals surface area contributed by atoms with Crippen LogP contribution in [0.2, 0.25) is 0 Å². The number of anilines is 1. The Morgan fingerprint density at radius 1 is 0.900 bits per heavy atom. The first-order valence-electron chi connectivity index (χ1n) is 11.0. The maximum Gasteiger partial charge on any atom is 0.203 e. The summed E-state index contributed by atoms with van der Waals surface area (Å²) < 4.78 is 2.44. The fraction of sp³-hybridized carbons (Fsp3) is 0.321. The lowest BCUT2D eigenvalue weighted by Gasteiger charge is -2.29. The molecule has 3 aromatic rings. The van der Waals surface area contributed by atoms with E-state index in [0.29, 0.717) is 0 Å². The molecule has 1 heterocycles. The quantitative estimate of drug-likeness (QED) is 0.469. The number of hydrogen-bond donors (Lipinski definition) is 0. The molecule has 152 valence electrons. The molecule has 0 spiro atoms. The summed E-state index contributed by atoms with van der Waals surface area (Å²) in [6.07, 6.45) is 2.18. The summed E-state index contributed by atoms with van der Waals surface area (Å²) in [5, 5.41) is 2.82. The average molecular weight is 396 g/mol. The minimum absolute atomic E-state index is 0.202. The van der Waals surface area contributed by atoms with Crippen molar-refractivity contribution in [3.05, 3.63) is 99.1 Å². The van der Waals surface area contributed by atoms with Gasteiger partial charge >= 0.3 is 0 Å². The molecule has 0 unspecified atom stereocenters. The van der Waals surface area contributed by atoms with Gasteiger partial charge in [0.05, 0.1) is 0 Å². The van der Waals surface area contributed by atoms with E-state index in [1.165, 1.54) is 56.1 Å². The minimum atomic E-state index is 0.202. The van der Waals surface area contributed by atoms with Gasteiger partial charge in [-0.2, -0.15) is 0 Å². The smallest absolute Gasteiger partial charge is 0.203 e. The van der Waals surface area contributed by atoms with E-state index >= 15 is 0 Å². The van der Waals surface area contributed by atoms with Crippen LogP contribution in [-0.4, -0.2) is 27.7 Å². The molecule has 0 bridgehead atoms. The highest BCUT2D eigenvalue weighted by molar-refractivity contribution is 5.84. The zero-order valence-corrected chi connectivity index (χ0v) is 18.8. The van der Waals surface area contributed by atoms with Crippen LogP contribution in [0.25, 0.3) is 5.57 Å². The van der Waals surface area contributed by atoms with Crippen molar-refractivity contribution in [1.29, 1.82) is 0 Å². The van der Waals surface area contributed by atoms with Crippen molar-refractivity contribution in [3.63, 3.8) is 0 Å². The van der Waals surface area contributed by atoms with E-state index in [1.54, 1.807) is 0 Å². The van der Waals surface area contributed by atoms with Crippen LogP contribution < -0.4 is 20.1 Å². The first kappa shape index (κ1) is 19.1. The Hall–Kier alpha value is -2.87. The van der Waals surface area contributed by atoms with Crippen molar-refractivity contribution in [2.75, 3.05) is 32.6 Å². The van der Waals surface area contributed by atoms with Crippen LogP contribution in [-0.2, 0) is 11.8 Å². The predicted molar refractivity (Wildman–Crippen MR) is 127 cm³/mol. The zero-order valence-electron chi connectivity index (χ0n) is 18.8. The maximum atomic E-state index is 2.51. The number of benzene rings is 3. The van der Waals surface area contributed by atoms with E-state index in [4.69, 9.17) is 0 Å². The maximum absolute atomic E-state index is 2.51. The third kappa shape index (κ3) is 2.98. The molecule has 5 rings (SSSR count). The predicted octanol–water partition coefficient (Wildman–Crippen LogP) is 3.71. The molecule has 0 fully saturated rings. The highest BCUT2D eigenvalue weighted by atomic mass is 15.1. The number of fused-ring (bicyclic) bond motifs is 3. The van der Waals surface area contributed by atoms with Gasteiger partial charge in [-0.1, -0.05) is 50.2 Å². The Labute approximate surface area is 179 Å². The molecule has 0 amide bonds. The summed E-state index contributed by atoms with van der Waals surface area (Å²) in [7, 11) is 6.48. The summed E-state index contributed by atoms with van der Waals surface area (Å²) in [4.78, 5) is 2.20. The molecule has 2 aliphatic rings. The lowest BCUT2D eigenvalue weighted by atomic mass is 9.76. The van der Waals surface area contributed by atoms with Gasteiger partial charge in [-0.25, -0.2) is 4.58 Å². The summed E-state index contributed by atoms with van der Waals surface area (Å²) in [5.41, 5.74) is 9.88. The average Bonchev–Trinajstić information content (AvgIpc) is 2.74. The van der Waals surface area contributed by atoms with Gasteiger partial charge in [-0.15, -0.1) is 0 Å². The van der Waals surface area contributed by atoms with E-state index in [1.807, 2.05) is 0 Å². The van der Waals surface area contributed by atoms with Gasteiger partial charge in [0.1, 0.15) is 13.6 Å². The second-order valence-electron chi connectivity index (χ2n) is 9.74. The summed E-state index contributed by atoms with van der Waals surface area (Å²) in [6, 6.07) is 22.8. The van der Waals surface area contributed by atoms with Crippen LogP contribution in [0.15, 0.2) is 60.7 Å². The van der Waals surface area contributed by atoms with E-state index < -0.39 is 0 Å². The topological polar surface area (TPSA) is 6.25 Å². The monoisotopic (exact) mass is 395 g/mol. The molecular weight excluding hydrogens is 364 g/mol. The normalized spacial score (nSPS) is 16.6. The minimum Gasteiger partial charge on any atom is -0.378 e. The van der Waals surface area contributed by atoms with E-state index in [2.05, 4.69) is 105 Å². The Morgan fingerprint density at radius 2 is 1.67 bits per heavy atom. The van der Waals surface area contributed by atoms with Crippen LogP contribution in [0.3, 0.4) is 0 Å². The molecular formula is C28H31N2+. The van der Waals surface area contributed by atoms with Gasteiger partial charge in [0.15, 0.2) is 0 Å². The van der Waals surface area contributed by atoms with E-state index in [0.717, 1.165) is 13.0 Å². The molecule has 1 aliphatic heterocycles. The zero-order chi connectivity index (χ0) is 21.0. The molecule has 0 saturated heterocycles. The Morgan fingerprint density at radius 3 is 2.40 bits per heavy atom. The highest BCUT2D eigenvalue weighted by Gasteiger charge is 2.32. The van der Waals surface area contributed by atoms with Crippen LogP contribution in [0.1, 0.15) is 48.1 Å². The second-order valence-corrected chi connectivity index (χ2v) is 9.74. The third-order valence-corrected chi connectivity index (χ3v) is 7.02. The van der Waals surface area contributed by atoms with Gasteiger partial charge in [0, 0.05) is 43.2 Å². The van der Waals surface area contributed by atoms with Gasteiger partial charge in [-0.3, -0.25) is 0 Å². The van der Waals surface area contributed by atoms with Crippen molar-refractivity contribution < 1.29 is 0 Å². The Bertz CT molecular complexity index is 1260. The Kier molecular flexibility index (Phi) is 4.36. The molecule has 30 heavy (non-hydrogen) atoms. The summed E-state index contributed by atoms with van der Waals surface area (Å²) in [6.45, 7) is 5.91. The molecule has 1 aliphatic carbocycles. The van der Waals surface area contributed by atoms with Crippen molar-refractivity contribution in [3.8, 4) is 0 Å². The lowest BCUT2D eigenvalue weighted by Crippen LogP contribution is -2.44. The van der Waals surface area contributed by atoms with Gasteiger partial charge in [0.25, 0.3) is 0 Å². The van der Waals surface area contributed by atoms with Crippen LogP contribution >= 0.6 is 0 Å². The third-order valence-electron chi connectivity index (χ3n) is 7.02. The van der Waals surface area contributed by atoms with Crippen molar-refractivity contribution in [2.24, 2.45) is 0 Å². The fourth-order valence-corrected chi connectivity index (χ4v) is 5.09. The number of hydrogen-bond acceptors (Lipinski definition) is 1. The summed E-state index contributed by atoms with van der Waals surface area (Å²) in [5.74, 6) is 0. The van der Waals surface area contributed by atoms with Crippen LogP contribution in [0.4, 0.5) is 5.69 Å². The van der Waals surface area contributed by atoms with Crippen LogP contribution in [0, 0.1) is 0 Å². The van der Waals surface area contributed by atoms with Crippen molar-refractivity contribution >= 4 is 11.3 Å². The van der Waals surface area contributed by atoms with Crippen molar-refractivity contribution in [2.45, 2.75) is 32.1 Å². The molecule has 2 heteroatoms. The first-order chi connectivity index (χ1) is 14.3.